The van der Waals surface area contributed by atoms with Gasteiger partial charge in [-0.05, 0) is 99.8 Å². The van der Waals surface area contributed by atoms with E-state index in [1.165, 1.54) is 22.3 Å². The average molecular weight is 723 g/mol. The van der Waals surface area contributed by atoms with Gasteiger partial charge in [-0.3, -0.25) is 4.57 Å². The molecule has 0 saturated carbocycles. The topological polar surface area (TPSA) is 57.5 Å². The molecule has 0 spiro atoms. The zero-order valence-corrected chi connectivity index (χ0v) is 36.5. The molecule has 0 aromatic heterocycles. The van der Waals surface area contributed by atoms with Crippen LogP contribution >= 0.6 is 7.60 Å². The van der Waals surface area contributed by atoms with Crippen molar-refractivity contribution < 1.29 is 14.4 Å². The molecule has 4 heteroatoms. The summed E-state index contributed by atoms with van der Waals surface area (Å²) in [7, 11) is -4.76. The fraction of sp³-hybridized carbons (Fsp3) is 0.500. The summed E-state index contributed by atoms with van der Waals surface area (Å²) in [6, 6.07) is 23.8. The Hall–Kier alpha value is -2.97. The van der Waals surface area contributed by atoms with Crippen LogP contribution in [0.4, 0.5) is 0 Å². The summed E-state index contributed by atoms with van der Waals surface area (Å²) >= 11 is 0. The van der Waals surface area contributed by atoms with Gasteiger partial charge in [-0.2, -0.15) is 0 Å². The third-order valence-electron chi connectivity index (χ3n) is 10.4. The highest BCUT2D eigenvalue weighted by atomic mass is 31.2. The normalized spacial score (nSPS) is 13.8. The molecule has 0 saturated heterocycles. The van der Waals surface area contributed by atoms with Crippen molar-refractivity contribution in [1.29, 1.82) is 0 Å². The van der Waals surface area contributed by atoms with Crippen LogP contribution in [-0.4, -0.2) is 9.79 Å². The molecule has 4 aromatic carbocycles. The molecular weight excluding hydrogens is 655 g/mol. The molecule has 0 aliphatic carbocycles. The zero-order valence-electron chi connectivity index (χ0n) is 35.6. The van der Waals surface area contributed by atoms with Crippen molar-refractivity contribution in [2.45, 2.75) is 157 Å². The van der Waals surface area contributed by atoms with Gasteiger partial charge in [0.15, 0.2) is 0 Å². The van der Waals surface area contributed by atoms with Crippen LogP contribution in [0.25, 0.3) is 33.4 Å². The van der Waals surface area contributed by atoms with Crippen LogP contribution in [0.15, 0.2) is 66.7 Å². The molecular formula is C48H67O3P. The Morgan fingerprint density at radius 1 is 0.365 bits per heavy atom. The van der Waals surface area contributed by atoms with E-state index in [0.717, 1.165) is 38.9 Å². The van der Waals surface area contributed by atoms with Crippen LogP contribution in [0.2, 0.25) is 0 Å². The van der Waals surface area contributed by atoms with Crippen LogP contribution in [0.5, 0.6) is 0 Å². The predicted molar refractivity (Wildman–Crippen MR) is 227 cm³/mol. The lowest BCUT2D eigenvalue weighted by Crippen LogP contribution is -2.21. The first kappa shape index (κ1) is 41.8. The molecule has 0 bridgehead atoms. The van der Waals surface area contributed by atoms with Crippen molar-refractivity contribution in [2.24, 2.45) is 0 Å². The Bertz CT molecular complexity index is 2020. The predicted octanol–water partition coefficient (Wildman–Crippen LogP) is 13.3. The molecule has 0 aliphatic rings. The smallest absolute Gasteiger partial charge is 0.321 e. The molecule has 0 amide bonds. The minimum Gasteiger partial charge on any atom is -0.321 e. The molecule has 282 valence electrons. The minimum atomic E-state index is -4.76. The van der Waals surface area contributed by atoms with E-state index in [2.05, 4.69) is 179 Å². The number of hydrogen-bond donors (Lipinski definition) is 2. The molecule has 0 aliphatic heterocycles. The van der Waals surface area contributed by atoms with E-state index in [0.29, 0.717) is 5.56 Å². The van der Waals surface area contributed by atoms with Gasteiger partial charge in [0.25, 0.3) is 0 Å². The fourth-order valence-corrected chi connectivity index (χ4v) is 7.97. The minimum absolute atomic E-state index is 0.0462. The van der Waals surface area contributed by atoms with Crippen LogP contribution in [0.1, 0.15) is 158 Å². The summed E-state index contributed by atoms with van der Waals surface area (Å²) in [4.78, 5) is 22.5. The molecule has 4 aromatic rings. The highest BCUT2D eigenvalue weighted by Gasteiger charge is 2.35. The Morgan fingerprint density at radius 3 is 0.962 bits per heavy atom. The van der Waals surface area contributed by atoms with Gasteiger partial charge < -0.3 is 9.79 Å². The Balaban J connectivity index is 2.42. The summed E-state index contributed by atoms with van der Waals surface area (Å²) in [5.74, 6) is 0. The largest absolute Gasteiger partial charge is 0.356 e. The first-order valence-corrected chi connectivity index (χ1v) is 20.5. The van der Waals surface area contributed by atoms with Crippen molar-refractivity contribution in [3.8, 4) is 33.4 Å². The van der Waals surface area contributed by atoms with Gasteiger partial charge in [-0.25, -0.2) is 0 Å². The summed E-state index contributed by atoms with van der Waals surface area (Å²) in [6.07, 6.45) is 0. The van der Waals surface area contributed by atoms with E-state index in [9.17, 15) is 14.4 Å². The van der Waals surface area contributed by atoms with E-state index in [1.807, 2.05) is 6.07 Å². The second-order valence-electron chi connectivity index (χ2n) is 21.2. The summed E-state index contributed by atoms with van der Waals surface area (Å²) < 4.78 is 13.8. The molecule has 0 atom stereocenters. The van der Waals surface area contributed by atoms with Crippen LogP contribution in [0.3, 0.4) is 0 Å². The molecule has 0 heterocycles. The third-order valence-corrected chi connectivity index (χ3v) is 11.4. The van der Waals surface area contributed by atoms with E-state index in [1.54, 1.807) is 6.07 Å². The summed E-state index contributed by atoms with van der Waals surface area (Å²) in [5, 5.41) is 0.0589. The van der Waals surface area contributed by atoms with Gasteiger partial charge in [-0.15, -0.1) is 0 Å². The van der Waals surface area contributed by atoms with Crippen molar-refractivity contribution >= 4 is 12.9 Å². The van der Waals surface area contributed by atoms with Crippen molar-refractivity contribution in [2.75, 3.05) is 0 Å². The maximum atomic E-state index is 13.8. The highest BCUT2D eigenvalue weighted by Crippen LogP contribution is 2.52. The van der Waals surface area contributed by atoms with E-state index in [4.69, 9.17) is 0 Å². The lowest BCUT2D eigenvalue weighted by atomic mass is 9.72. The number of hydrogen-bond acceptors (Lipinski definition) is 1. The maximum Gasteiger partial charge on any atom is 0.356 e. The van der Waals surface area contributed by atoms with Crippen molar-refractivity contribution in [1.82, 2.24) is 0 Å². The average Bonchev–Trinajstić information content (AvgIpc) is 2.96. The van der Waals surface area contributed by atoms with Gasteiger partial charge in [0.1, 0.15) is 0 Å². The monoisotopic (exact) mass is 722 g/mol. The standard InChI is InChI=1S/C48H67O3P/c1-43(2,3)30-19-22-33(37(27-30)46(10,11)12)34-25-26-40(52(49,50)51)42(36-24-21-32(45(7,8)9)29-39(36)48(16,17)18)41(34)35-23-20-31(44(4,5)6)28-38(35)47(13,14)15/h19-29H,1-18H3,(H2,49,50,51). The lowest BCUT2D eigenvalue weighted by Gasteiger charge is -2.33. The van der Waals surface area contributed by atoms with Gasteiger partial charge in [-0.1, -0.05) is 185 Å². The Kier molecular flexibility index (Phi) is 10.8. The second kappa shape index (κ2) is 13.4. The quantitative estimate of drug-likeness (QED) is 0.206. The molecule has 4 rings (SSSR count). The van der Waals surface area contributed by atoms with Gasteiger partial charge in [0, 0.05) is 5.56 Å². The van der Waals surface area contributed by atoms with Gasteiger partial charge in [0.05, 0.1) is 5.30 Å². The molecule has 0 fully saturated rings. The lowest BCUT2D eigenvalue weighted by molar-refractivity contribution is 0.387. The first-order chi connectivity index (χ1) is 23.2. The van der Waals surface area contributed by atoms with Crippen molar-refractivity contribution in [3.63, 3.8) is 0 Å². The molecule has 3 nitrogen and oxygen atoms in total. The van der Waals surface area contributed by atoms with Crippen molar-refractivity contribution in [3.05, 3.63) is 100 Å². The zero-order chi connectivity index (χ0) is 39.8. The Morgan fingerprint density at radius 2 is 0.654 bits per heavy atom. The van der Waals surface area contributed by atoms with Crippen LogP contribution in [-0.2, 0) is 37.1 Å². The van der Waals surface area contributed by atoms with E-state index >= 15 is 0 Å². The Labute approximate surface area is 316 Å². The number of rotatable bonds is 4. The summed E-state index contributed by atoms with van der Waals surface area (Å²) in [5.41, 5.74) is 11.5. The molecule has 52 heavy (non-hydrogen) atoms. The first-order valence-electron chi connectivity index (χ1n) is 18.9. The third kappa shape index (κ3) is 8.70. The highest BCUT2D eigenvalue weighted by molar-refractivity contribution is 7.60. The SMILES string of the molecule is CC(C)(C)c1ccc(-c2ccc(P(=O)(O)O)c(-c3ccc(C(C)(C)C)cc3C(C)(C)C)c2-c2ccc(C(C)(C)C)cc2C(C)(C)C)c(C(C)(C)C)c1. The fourth-order valence-electron chi connectivity index (χ4n) is 7.18. The number of benzene rings is 4. The van der Waals surface area contributed by atoms with Crippen LogP contribution < -0.4 is 5.30 Å². The van der Waals surface area contributed by atoms with Gasteiger partial charge >= 0.3 is 7.60 Å². The van der Waals surface area contributed by atoms with E-state index in [-0.39, 0.29) is 37.8 Å². The maximum absolute atomic E-state index is 13.8. The second-order valence-corrected chi connectivity index (χ2v) is 22.8. The molecule has 0 radical (unpaired) electrons. The summed E-state index contributed by atoms with van der Waals surface area (Å²) in [6.45, 7) is 40.1. The van der Waals surface area contributed by atoms with Gasteiger partial charge in [0.2, 0.25) is 0 Å². The molecule has 0 unspecified atom stereocenters. The molecule has 2 N–H and O–H groups in total. The van der Waals surface area contributed by atoms with Crippen LogP contribution in [0, 0.1) is 0 Å². The van der Waals surface area contributed by atoms with E-state index < -0.39 is 7.60 Å².